The van der Waals surface area contributed by atoms with E-state index in [-0.39, 0.29) is 0 Å². The molecule has 0 radical (unpaired) electrons. The molecule has 1 aliphatic carbocycles. The number of nitrogens with two attached hydrogens (primary N) is 1. The Morgan fingerprint density at radius 2 is 2.11 bits per heavy atom. The van der Waals surface area contributed by atoms with Crippen molar-refractivity contribution in [2.45, 2.75) is 30.8 Å². The van der Waals surface area contributed by atoms with E-state index in [0.717, 1.165) is 32.0 Å². The molecule has 3 atom stereocenters. The number of nitrogens with one attached hydrogen (secondary N) is 1. The third kappa shape index (κ3) is 2.91. The van der Waals surface area contributed by atoms with E-state index in [0.29, 0.717) is 12.1 Å². The fraction of sp³-hybridized carbons (Fsp3) is 0.600. The number of hydrogen-bond acceptors (Lipinski definition) is 3. The molecule has 0 bridgehead atoms. The van der Waals surface area contributed by atoms with Gasteiger partial charge in [0, 0.05) is 37.6 Å². The standard InChI is InChI=1S/C15H23N3/c16-13-6-8-18(11-13)9-7-17-15-10-14(15)12-4-2-1-3-5-12/h1-5,13-15,17H,6-11,16H2/t13?,14-,15+/m0/s1. The molecule has 0 aromatic heterocycles. The molecule has 3 heteroatoms. The lowest BCUT2D eigenvalue weighted by Gasteiger charge is -2.15. The van der Waals surface area contributed by atoms with Gasteiger partial charge in [0.15, 0.2) is 0 Å². The summed E-state index contributed by atoms with van der Waals surface area (Å²) in [6, 6.07) is 11.9. The van der Waals surface area contributed by atoms with E-state index in [1.807, 2.05) is 0 Å². The number of rotatable bonds is 5. The van der Waals surface area contributed by atoms with Crippen molar-refractivity contribution in [3.63, 3.8) is 0 Å². The fourth-order valence-corrected chi connectivity index (χ4v) is 2.96. The molecule has 3 N–H and O–H groups in total. The minimum atomic E-state index is 0.406. The minimum absolute atomic E-state index is 0.406. The Morgan fingerprint density at radius 3 is 2.83 bits per heavy atom. The van der Waals surface area contributed by atoms with E-state index in [1.165, 1.54) is 18.5 Å². The second-order valence-electron chi connectivity index (χ2n) is 5.66. The summed E-state index contributed by atoms with van der Waals surface area (Å²) < 4.78 is 0. The van der Waals surface area contributed by atoms with Crippen molar-refractivity contribution in [2.24, 2.45) is 5.73 Å². The molecule has 18 heavy (non-hydrogen) atoms. The first-order valence-corrected chi connectivity index (χ1v) is 7.09. The Labute approximate surface area is 109 Å². The quantitative estimate of drug-likeness (QED) is 0.818. The molecule has 2 fully saturated rings. The van der Waals surface area contributed by atoms with Crippen LogP contribution in [0.1, 0.15) is 24.3 Å². The Hall–Kier alpha value is -0.900. The maximum absolute atomic E-state index is 5.90. The summed E-state index contributed by atoms with van der Waals surface area (Å²) in [5.41, 5.74) is 7.39. The van der Waals surface area contributed by atoms with Gasteiger partial charge < -0.3 is 16.0 Å². The normalized spacial score (nSPS) is 31.7. The van der Waals surface area contributed by atoms with Gasteiger partial charge in [0.2, 0.25) is 0 Å². The molecule has 1 heterocycles. The SMILES string of the molecule is NC1CCN(CCN[C@@H]2C[C@H]2c2ccccc2)C1. The highest BCUT2D eigenvalue weighted by Gasteiger charge is 2.37. The van der Waals surface area contributed by atoms with E-state index < -0.39 is 0 Å². The average molecular weight is 245 g/mol. The van der Waals surface area contributed by atoms with Gasteiger partial charge in [0.25, 0.3) is 0 Å². The predicted molar refractivity (Wildman–Crippen MR) is 74.6 cm³/mol. The largest absolute Gasteiger partial charge is 0.326 e. The first-order valence-electron chi connectivity index (χ1n) is 7.09. The molecule has 1 saturated carbocycles. The summed E-state index contributed by atoms with van der Waals surface area (Å²) in [7, 11) is 0. The van der Waals surface area contributed by atoms with E-state index in [4.69, 9.17) is 5.73 Å². The Bertz CT molecular complexity index is 379. The number of benzene rings is 1. The van der Waals surface area contributed by atoms with Crippen LogP contribution in [0.4, 0.5) is 0 Å². The topological polar surface area (TPSA) is 41.3 Å². The zero-order valence-corrected chi connectivity index (χ0v) is 10.9. The van der Waals surface area contributed by atoms with Gasteiger partial charge in [0.1, 0.15) is 0 Å². The molecule has 3 nitrogen and oxygen atoms in total. The molecule has 1 aromatic carbocycles. The third-order valence-electron chi connectivity index (χ3n) is 4.16. The maximum Gasteiger partial charge on any atom is 0.0180 e. The third-order valence-corrected chi connectivity index (χ3v) is 4.16. The van der Waals surface area contributed by atoms with Gasteiger partial charge in [0.05, 0.1) is 0 Å². The van der Waals surface area contributed by atoms with Crippen LogP contribution in [0.15, 0.2) is 30.3 Å². The Balaban J connectivity index is 1.36. The highest BCUT2D eigenvalue weighted by molar-refractivity contribution is 5.27. The van der Waals surface area contributed by atoms with Gasteiger partial charge in [-0.25, -0.2) is 0 Å². The summed E-state index contributed by atoms with van der Waals surface area (Å²) in [4.78, 5) is 2.47. The minimum Gasteiger partial charge on any atom is -0.326 e. The van der Waals surface area contributed by atoms with Crippen molar-refractivity contribution in [3.05, 3.63) is 35.9 Å². The first-order chi connectivity index (χ1) is 8.83. The number of nitrogens with zero attached hydrogens (tertiary/aromatic N) is 1. The molecule has 0 amide bonds. The van der Waals surface area contributed by atoms with Gasteiger partial charge in [-0.05, 0) is 24.9 Å². The van der Waals surface area contributed by atoms with Crippen LogP contribution in [0.2, 0.25) is 0 Å². The summed E-state index contributed by atoms with van der Waals surface area (Å²) in [6.07, 6.45) is 2.46. The Kier molecular flexibility index (Phi) is 3.64. The molecule has 1 aromatic rings. The van der Waals surface area contributed by atoms with Crippen molar-refractivity contribution in [3.8, 4) is 0 Å². The molecule has 98 valence electrons. The fourth-order valence-electron chi connectivity index (χ4n) is 2.96. The van der Waals surface area contributed by atoms with Crippen molar-refractivity contribution in [2.75, 3.05) is 26.2 Å². The van der Waals surface area contributed by atoms with Crippen LogP contribution in [-0.4, -0.2) is 43.2 Å². The van der Waals surface area contributed by atoms with Crippen LogP contribution in [0, 0.1) is 0 Å². The summed E-state index contributed by atoms with van der Waals surface area (Å²) >= 11 is 0. The van der Waals surface area contributed by atoms with Gasteiger partial charge >= 0.3 is 0 Å². The summed E-state index contributed by atoms with van der Waals surface area (Å²) in [5, 5.41) is 3.66. The molecule has 3 rings (SSSR count). The lowest BCUT2D eigenvalue weighted by molar-refractivity contribution is 0.331. The molecular weight excluding hydrogens is 222 g/mol. The van der Waals surface area contributed by atoms with Gasteiger partial charge in [-0.15, -0.1) is 0 Å². The van der Waals surface area contributed by atoms with Crippen LogP contribution < -0.4 is 11.1 Å². The molecular formula is C15H23N3. The molecule has 1 unspecified atom stereocenters. The molecule has 2 aliphatic rings. The lowest BCUT2D eigenvalue weighted by atomic mass is 10.1. The second kappa shape index (κ2) is 5.39. The van der Waals surface area contributed by atoms with Crippen molar-refractivity contribution < 1.29 is 0 Å². The van der Waals surface area contributed by atoms with Crippen LogP contribution in [0.25, 0.3) is 0 Å². The number of hydrogen-bond donors (Lipinski definition) is 2. The van der Waals surface area contributed by atoms with E-state index in [2.05, 4.69) is 40.5 Å². The number of likely N-dealkylation sites (tertiary alicyclic amines) is 1. The second-order valence-corrected chi connectivity index (χ2v) is 5.66. The summed E-state index contributed by atoms with van der Waals surface area (Å²) in [5.74, 6) is 0.743. The van der Waals surface area contributed by atoms with Gasteiger partial charge in [-0.2, -0.15) is 0 Å². The highest BCUT2D eigenvalue weighted by Crippen LogP contribution is 2.40. The Morgan fingerprint density at radius 1 is 1.28 bits per heavy atom. The highest BCUT2D eigenvalue weighted by atomic mass is 15.2. The zero-order chi connectivity index (χ0) is 12.4. The van der Waals surface area contributed by atoms with Gasteiger partial charge in [-0.1, -0.05) is 30.3 Å². The lowest BCUT2D eigenvalue weighted by Crippen LogP contribution is -2.33. The van der Waals surface area contributed by atoms with Crippen LogP contribution in [0.3, 0.4) is 0 Å². The van der Waals surface area contributed by atoms with Crippen LogP contribution >= 0.6 is 0 Å². The molecule has 1 aliphatic heterocycles. The smallest absolute Gasteiger partial charge is 0.0180 e. The van der Waals surface area contributed by atoms with Crippen molar-refractivity contribution >= 4 is 0 Å². The maximum atomic E-state index is 5.90. The van der Waals surface area contributed by atoms with E-state index in [1.54, 1.807) is 0 Å². The molecule has 0 spiro atoms. The van der Waals surface area contributed by atoms with E-state index in [9.17, 15) is 0 Å². The molecule has 1 saturated heterocycles. The predicted octanol–water partition coefficient (Wildman–Crippen LogP) is 1.17. The van der Waals surface area contributed by atoms with Crippen LogP contribution in [0.5, 0.6) is 0 Å². The first kappa shape index (κ1) is 12.2. The van der Waals surface area contributed by atoms with Crippen molar-refractivity contribution in [1.82, 2.24) is 10.2 Å². The summed E-state index contributed by atoms with van der Waals surface area (Å²) in [6.45, 7) is 4.50. The zero-order valence-electron chi connectivity index (χ0n) is 10.9. The van der Waals surface area contributed by atoms with Gasteiger partial charge in [-0.3, -0.25) is 0 Å². The van der Waals surface area contributed by atoms with Crippen LogP contribution in [-0.2, 0) is 0 Å². The average Bonchev–Trinajstić information content (AvgIpc) is 3.05. The van der Waals surface area contributed by atoms with Crippen molar-refractivity contribution in [1.29, 1.82) is 0 Å². The monoisotopic (exact) mass is 245 g/mol. The van der Waals surface area contributed by atoms with E-state index >= 15 is 0 Å².